The van der Waals surface area contributed by atoms with Crippen LogP contribution < -0.4 is 10.6 Å². The van der Waals surface area contributed by atoms with Crippen molar-refractivity contribution in [1.29, 1.82) is 0 Å². The molecule has 0 radical (unpaired) electrons. The molecule has 0 aromatic carbocycles. The number of amides is 1. The number of carbonyl (C=O) groups is 1. The maximum atomic E-state index is 11.4. The SMILES string of the molecule is CCC1(C(=O)NC)CNCCO1. The molecule has 0 saturated carbocycles. The highest BCUT2D eigenvalue weighted by Gasteiger charge is 2.38. The summed E-state index contributed by atoms with van der Waals surface area (Å²) in [6, 6.07) is 0. The average Bonchev–Trinajstić information content (AvgIpc) is 2.17. The average molecular weight is 172 g/mol. The van der Waals surface area contributed by atoms with Gasteiger partial charge in [0.1, 0.15) is 0 Å². The zero-order valence-corrected chi connectivity index (χ0v) is 7.64. The monoisotopic (exact) mass is 172 g/mol. The molecule has 0 aliphatic carbocycles. The third kappa shape index (κ3) is 1.59. The van der Waals surface area contributed by atoms with E-state index in [1.54, 1.807) is 7.05 Å². The minimum absolute atomic E-state index is 0.0304. The van der Waals surface area contributed by atoms with Crippen molar-refractivity contribution in [3.63, 3.8) is 0 Å². The summed E-state index contributed by atoms with van der Waals surface area (Å²) >= 11 is 0. The molecule has 1 rings (SSSR count). The van der Waals surface area contributed by atoms with Gasteiger partial charge in [0.15, 0.2) is 5.60 Å². The molecule has 2 N–H and O–H groups in total. The summed E-state index contributed by atoms with van der Waals surface area (Å²) < 4.78 is 5.49. The Morgan fingerprint density at radius 2 is 2.50 bits per heavy atom. The fourth-order valence-electron chi connectivity index (χ4n) is 1.42. The Morgan fingerprint density at radius 1 is 1.75 bits per heavy atom. The Balaban J connectivity index is 2.66. The van der Waals surface area contributed by atoms with E-state index in [0.29, 0.717) is 19.6 Å². The third-order valence-electron chi connectivity index (χ3n) is 2.28. The Labute approximate surface area is 72.7 Å². The first-order valence-electron chi connectivity index (χ1n) is 4.32. The lowest BCUT2D eigenvalue weighted by Gasteiger charge is -2.34. The maximum absolute atomic E-state index is 11.4. The van der Waals surface area contributed by atoms with Crippen molar-refractivity contribution in [2.45, 2.75) is 18.9 Å². The zero-order valence-electron chi connectivity index (χ0n) is 7.64. The normalized spacial score (nSPS) is 29.8. The molecule has 1 aliphatic rings. The van der Waals surface area contributed by atoms with Crippen LogP contribution in [0.5, 0.6) is 0 Å². The van der Waals surface area contributed by atoms with Crippen molar-refractivity contribution in [1.82, 2.24) is 10.6 Å². The van der Waals surface area contributed by atoms with Crippen molar-refractivity contribution >= 4 is 5.91 Å². The van der Waals surface area contributed by atoms with Crippen LogP contribution in [0.15, 0.2) is 0 Å². The number of rotatable bonds is 2. The van der Waals surface area contributed by atoms with Gasteiger partial charge in [0.25, 0.3) is 5.91 Å². The summed E-state index contributed by atoms with van der Waals surface area (Å²) in [4.78, 5) is 11.4. The highest BCUT2D eigenvalue weighted by atomic mass is 16.5. The van der Waals surface area contributed by atoms with Crippen LogP contribution >= 0.6 is 0 Å². The summed E-state index contributed by atoms with van der Waals surface area (Å²) in [5.41, 5.74) is -0.632. The summed E-state index contributed by atoms with van der Waals surface area (Å²) in [7, 11) is 1.64. The van der Waals surface area contributed by atoms with E-state index < -0.39 is 5.60 Å². The molecule has 1 amide bonds. The number of carbonyl (C=O) groups excluding carboxylic acids is 1. The van der Waals surface area contributed by atoms with Gasteiger partial charge in [-0.25, -0.2) is 0 Å². The van der Waals surface area contributed by atoms with E-state index in [-0.39, 0.29) is 5.91 Å². The first-order chi connectivity index (χ1) is 5.75. The molecule has 0 spiro atoms. The summed E-state index contributed by atoms with van der Waals surface area (Å²) in [5, 5.41) is 5.78. The van der Waals surface area contributed by atoms with E-state index in [0.717, 1.165) is 6.54 Å². The molecule has 4 heteroatoms. The van der Waals surface area contributed by atoms with E-state index in [9.17, 15) is 4.79 Å². The molecule has 0 bridgehead atoms. The first kappa shape index (κ1) is 9.48. The molecular weight excluding hydrogens is 156 g/mol. The molecule has 12 heavy (non-hydrogen) atoms. The fourth-order valence-corrected chi connectivity index (χ4v) is 1.42. The number of hydrogen-bond donors (Lipinski definition) is 2. The molecule has 0 aromatic rings. The predicted molar refractivity (Wildman–Crippen MR) is 45.9 cm³/mol. The van der Waals surface area contributed by atoms with Crippen LogP contribution in [0.1, 0.15) is 13.3 Å². The van der Waals surface area contributed by atoms with Crippen LogP contribution in [-0.4, -0.2) is 38.3 Å². The van der Waals surface area contributed by atoms with Gasteiger partial charge in [-0.3, -0.25) is 4.79 Å². The zero-order chi connectivity index (χ0) is 9.03. The molecule has 0 aromatic heterocycles. The number of likely N-dealkylation sites (N-methyl/N-ethyl adjacent to an activating group) is 1. The van der Waals surface area contributed by atoms with E-state index in [2.05, 4.69) is 10.6 Å². The van der Waals surface area contributed by atoms with Crippen LogP contribution in [0, 0.1) is 0 Å². The van der Waals surface area contributed by atoms with Crippen molar-refractivity contribution in [3.8, 4) is 0 Å². The van der Waals surface area contributed by atoms with Gasteiger partial charge >= 0.3 is 0 Å². The van der Waals surface area contributed by atoms with Crippen LogP contribution in [-0.2, 0) is 9.53 Å². The van der Waals surface area contributed by atoms with E-state index >= 15 is 0 Å². The van der Waals surface area contributed by atoms with E-state index in [1.807, 2.05) is 6.92 Å². The van der Waals surface area contributed by atoms with Crippen molar-refractivity contribution in [2.75, 3.05) is 26.7 Å². The molecule has 1 unspecified atom stereocenters. The summed E-state index contributed by atoms with van der Waals surface area (Å²) in [5.74, 6) is -0.0304. The van der Waals surface area contributed by atoms with Crippen molar-refractivity contribution in [3.05, 3.63) is 0 Å². The highest BCUT2D eigenvalue weighted by Crippen LogP contribution is 2.17. The number of hydrogen-bond acceptors (Lipinski definition) is 3. The second-order valence-corrected chi connectivity index (χ2v) is 2.95. The van der Waals surface area contributed by atoms with Gasteiger partial charge in [-0.05, 0) is 6.42 Å². The molecule has 1 saturated heterocycles. The molecular formula is C8H16N2O2. The topological polar surface area (TPSA) is 50.4 Å². The van der Waals surface area contributed by atoms with Crippen LogP contribution in [0.4, 0.5) is 0 Å². The first-order valence-corrected chi connectivity index (χ1v) is 4.32. The van der Waals surface area contributed by atoms with Crippen LogP contribution in [0.2, 0.25) is 0 Å². The number of ether oxygens (including phenoxy) is 1. The lowest BCUT2D eigenvalue weighted by Crippen LogP contribution is -2.57. The summed E-state index contributed by atoms with van der Waals surface area (Å²) in [6.07, 6.45) is 0.708. The molecule has 1 heterocycles. The second kappa shape index (κ2) is 3.87. The quantitative estimate of drug-likeness (QED) is 0.590. The van der Waals surface area contributed by atoms with Gasteiger partial charge in [-0.1, -0.05) is 6.92 Å². The van der Waals surface area contributed by atoms with Crippen molar-refractivity contribution < 1.29 is 9.53 Å². The second-order valence-electron chi connectivity index (χ2n) is 2.95. The fraction of sp³-hybridized carbons (Fsp3) is 0.875. The van der Waals surface area contributed by atoms with Gasteiger partial charge in [-0.15, -0.1) is 0 Å². The summed E-state index contributed by atoms with van der Waals surface area (Å²) in [6.45, 7) is 4.02. The lowest BCUT2D eigenvalue weighted by atomic mass is 9.98. The number of nitrogens with one attached hydrogen (secondary N) is 2. The lowest BCUT2D eigenvalue weighted by molar-refractivity contribution is -0.150. The standard InChI is InChI=1S/C8H16N2O2/c1-3-8(7(11)9-2)6-10-4-5-12-8/h10H,3-6H2,1-2H3,(H,9,11). The smallest absolute Gasteiger partial charge is 0.253 e. The van der Waals surface area contributed by atoms with Crippen LogP contribution in [0.25, 0.3) is 0 Å². The maximum Gasteiger partial charge on any atom is 0.253 e. The predicted octanol–water partition coefficient (Wildman–Crippen LogP) is -0.499. The van der Waals surface area contributed by atoms with Crippen LogP contribution in [0.3, 0.4) is 0 Å². The van der Waals surface area contributed by atoms with Gasteiger partial charge < -0.3 is 15.4 Å². The molecule has 1 fully saturated rings. The third-order valence-corrected chi connectivity index (χ3v) is 2.28. The number of morpholine rings is 1. The highest BCUT2D eigenvalue weighted by molar-refractivity contribution is 5.85. The van der Waals surface area contributed by atoms with Crippen molar-refractivity contribution in [2.24, 2.45) is 0 Å². The Kier molecular flexibility index (Phi) is 3.05. The van der Waals surface area contributed by atoms with Gasteiger partial charge in [0.2, 0.25) is 0 Å². The minimum atomic E-state index is -0.632. The molecule has 1 atom stereocenters. The Bertz CT molecular complexity index is 164. The Hall–Kier alpha value is -0.610. The molecule has 1 aliphatic heterocycles. The molecule has 70 valence electrons. The van der Waals surface area contributed by atoms with E-state index in [4.69, 9.17) is 4.74 Å². The Morgan fingerprint density at radius 3 is 2.92 bits per heavy atom. The van der Waals surface area contributed by atoms with E-state index in [1.165, 1.54) is 0 Å². The largest absolute Gasteiger partial charge is 0.362 e. The van der Waals surface area contributed by atoms with Gasteiger partial charge in [0, 0.05) is 20.1 Å². The van der Waals surface area contributed by atoms with Gasteiger partial charge in [0.05, 0.1) is 6.61 Å². The van der Waals surface area contributed by atoms with Gasteiger partial charge in [-0.2, -0.15) is 0 Å². The minimum Gasteiger partial charge on any atom is -0.362 e. The molecule has 4 nitrogen and oxygen atoms in total.